The molecular formula is C19H19N5O3. The predicted molar refractivity (Wildman–Crippen MR) is 101 cm³/mol. The van der Waals surface area contributed by atoms with Gasteiger partial charge in [-0.2, -0.15) is 5.10 Å². The highest BCUT2D eigenvalue weighted by Crippen LogP contribution is 2.19. The first-order chi connectivity index (χ1) is 13.1. The first-order valence-electron chi connectivity index (χ1n) is 8.41. The lowest BCUT2D eigenvalue weighted by atomic mass is 10.1. The number of H-pyrrole nitrogens is 1. The Kier molecular flexibility index (Phi) is 5.78. The van der Waals surface area contributed by atoms with E-state index in [4.69, 9.17) is 10.5 Å². The summed E-state index contributed by atoms with van der Waals surface area (Å²) in [6.45, 7) is 0.922. The highest BCUT2D eigenvalue weighted by molar-refractivity contribution is 5.98. The highest BCUT2D eigenvalue weighted by Gasteiger charge is 2.08. The number of hydrogen-bond donors (Lipinski definition) is 3. The van der Waals surface area contributed by atoms with Crippen LogP contribution >= 0.6 is 0 Å². The van der Waals surface area contributed by atoms with Crippen LogP contribution < -0.4 is 21.3 Å². The molecule has 8 nitrogen and oxygen atoms in total. The molecule has 8 heteroatoms. The molecule has 0 spiro atoms. The number of nitrogen functional groups attached to an aromatic ring is 1. The van der Waals surface area contributed by atoms with Gasteiger partial charge in [-0.05, 0) is 48.9 Å². The van der Waals surface area contributed by atoms with Gasteiger partial charge in [0.2, 0.25) is 0 Å². The molecule has 0 atom stereocenters. The maximum absolute atomic E-state index is 12.0. The number of aromatic nitrogens is 3. The van der Waals surface area contributed by atoms with E-state index in [0.29, 0.717) is 36.6 Å². The van der Waals surface area contributed by atoms with Crippen molar-refractivity contribution in [2.45, 2.75) is 6.42 Å². The first kappa shape index (κ1) is 18.1. The Morgan fingerprint density at radius 2 is 1.96 bits per heavy atom. The molecule has 138 valence electrons. The van der Waals surface area contributed by atoms with Gasteiger partial charge in [0.05, 0.1) is 17.9 Å². The Bertz CT molecular complexity index is 949. The SMILES string of the molecule is Nc1ncccc1C(=O)NCCCOc1ccc(-c2ccc(=O)[nH]n2)cc1. The molecule has 0 aliphatic heterocycles. The van der Waals surface area contributed by atoms with Crippen LogP contribution in [-0.2, 0) is 0 Å². The third kappa shape index (κ3) is 4.91. The number of anilines is 1. The van der Waals surface area contributed by atoms with Crippen molar-refractivity contribution >= 4 is 11.7 Å². The van der Waals surface area contributed by atoms with E-state index in [-0.39, 0.29) is 17.3 Å². The first-order valence-corrected chi connectivity index (χ1v) is 8.41. The van der Waals surface area contributed by atoms with Crippen LogP contribution in [0.25, 0.3) is 11.3 Å². The van der Waals surface area contributed by atoms with Gasteiger partial charge in [-0.1, -0.05) is 0 Å². The van der Waals surface area contributed by atoms with Gasteiger partial charge in [-0.25, -0.2) is 10.1 Å². The Hall–Kier alpha value is -3.68. The number of carbonyl (C=O) groups is 1. The van der Waals surface area contributed by atoms with Crippen molar-refractivity contribution in [2.75, 3.05) is 18.9 Å². The molecule has 0 saturated heterocycles. The summed E-state index contributed by atoms with van der Waals surface area (Å²) in [7, 11) is 0. The summed E-state index contributed by atoms with van der Waals surface area (Å²) in [4.78, 5) is 26.9. The molecule has 0 radical (unpaired) electrons. The Balaban J connectivity index is 1.43. The summed E-state index contributed by atoms with van der Waals surface area (Å²) in [5.41, 5.74) is 7.35. The summed E-state index contributed by atoms with van der Waals surface area (Å²) < 4.78 is 5.66. The maximum atomic E-state index is 12.0. The molecule has 3 rings (SSSR count). The van der Waals surface area contributed by atoms with Crippen molar-refractivity contribution in [3.8, 4) is 17.0 Å². The minimum Gasteiger partial charge on any atom is -0.494 e. The number of carbonyl (C=O) groups excluding carboxylic acids is 1. The highest BCUT2D eigenvalue weighted by atomic mass is 16.5. The van der Waals surface area contributed by atoms with Gasteiger partial charge >= 0.3 is 0 Å². The standard InChI is InChI=1S/C19H19N5O3/c20-18-15(3-1-10-21-18)19(26)22-11-2-12-27-14-6-4-13(5-7-14)16-8-9-17(25)24-23-16/h1,3-10H,2,11-12H2,(H2,20,21)(H,22,26)(H,24,25). The van der Waals surface area contributed by atoms with Gasteiger partial charge in [0, 0.05) is 24.4 Å². The Morgan fingerprint density at radius 3 is 2.67 bits per heavy atom. The number of nitrogens with zero attached hydrogens (tertiary/aromatic N) is 2. The van der Waals surface area contributed by atoms with Gasteiger partial charge in [0.1, 0.15) is 11.6 Å². The molecule has 0 aliphatic rings. The van der Waals surface area contributed by atoms with Crippen molar-refractivity contribution < 1.29 is 9.53 Å². The van der Waals surface area contributed by atoms with Gasteiger partial charge < -0.3 is 15.8 Å². The molecule has 0 aliphatic carbocycles. The fraction of sp³-hybridized carbons (Fsp3) is 0.158. The second-order valence-electron chi connectivity index (χ2n) is 5.72. The molecule has 0 unspecified atom stereocenters. The average Bonchev–Trinajstić information content (AvgIpc) is 2.69. The van der Waals surface area contributed by atoms with E-state index in [2.05, 4.69) is 20.5 Å². The zero-order valence-corrected chi connectivity index (χ0v) is 14.5. The molecule has 1 aromatic carbocycles. The summed E-state index contributed by atoms with van der Waals surface area (Å²) >= 11 is 0. The molecule has 0 fully saturated rings. The number of benzene rings is 1. The number of nitrogens with two attached hydrogens (primary N) is 1. The Morgan fingerprint density at radius 1 is 1.15 bits per heavy atom. The predicted octanol–water partition coefficient (Wildman–Crippen LogP) is 1.61. The average molecular weight is 365 g/mol. The van der Waals surface area contributed by atoms with Crippen LogP contribution in [0.3, 0.4) is 0 Å². The minimum atomic E-state index is -0.252. The molecule has 2 heterocycles. The minimum absolute atomic E-state index is 0.211. The third-order valence-electron chi connectivity index (χ3n) is 3.79. The number of rotatable bonds is 7. The molecule has 4 N–H and O–H groups in total. The van der Waals surface area contributed by atoms with Gasteiger partial charge in [0.25, 0.3) is 11.5 Å². The third-order valence-corrected chi connectivity index (χ3v) is 3.79. The van der Waals surface area contributed by atoms with Crippen LogP contribution in [0.1, 0.15) is 16.8 Å². The molecule has 1 amide bonds. The number of ether oxygens (including phenoxy) is 1. The van der Waals surface area contributed by atoms with E-state index >= 15 is 0 Å². The van der Waals surface area contributed by atoms with Gasteiger partial charge in [-0.15, -0.1) is 0 Å². The van der Waals surface area contributed by atoms with Gasteiger partial charge in [0.15, 0.2) is 0 Å². The molecule has 0 bridgehead atoms. The van der Waals surface area contributed by atoms with Crippen molar-refractivity contribution in [1.29, 1.82) is 0 Å². The van der Waals surface area contributed by atoms with E-state index in [0.717, 1.165) is 5.56 Å². The van der Waals surface area contributed by atoms with E-state index in [9.17, 15) is 9.59 Å². The molecular weight excluding hydrogens is 346 g/mol. The molecule has 3 aromatic rings. The summed E-state index contributed by atoms with van der Waals surface area (Å²) in [5.74, 6) is 0.674. The monoisotopic (exact) mass is 365 g/mol. The lowest BCUT2D eigenvalue weighted by Crippen LogP contribution is -2.26. The second-order valence-corrected chi connectivity index (χ2v) is 5.72. The normalized spacial score (nSPS) is 10.4. The fourth-order valence-corrected chi connectivity index (χ4v) is 2.40. The number of amides is 1. The van der Waals surface area contributed by atoms with Gasteiger partial charge in [-0.3, -0.25) is 9.59 Å². The smallest absolute Gasteiger partial charge is 0.264 e. The van der Waals surface area contributed by atoms with Crippen LogP contribution in [0.5, 0.6) is 5.75 Å². The Labute approximate surface area is 155 Å². The number of aromatic amines is 1. The van der Waals surface area contributed by atoms with Crippen LogP contribution in [-0.4, -0.2) is 34.2 Å². The molecule has 0 saturated carbocycles. The second kappa shape index (κ2) is 8.61. The largest absolute Gasteiger partial charge is 0.494 e. The topological polar surface area (TPSA) is 123 Å². The van der Waals surface area contributed by atoms with Crippen LogP contribution in [0.4, 0.5) is 5.82 Å². The van der Waals surface area contributed by atoms with Crippen molar-refractivity contribution in [3.63, 3.8) is 0 Å². The number of hydrogen-bond acceptors (Lipinski definition) is 6. The summed E-state index contributed by atoms with van der Waals surface area (Å²) in [6.07, 6.45) is 2.19. The number of pyridine rings is 1. The molecule has 27 heavy (non-hydrogen) atoms. The maximum Gasteiger partial charge on any atom is 0.264 e. The van der Waals surface area contributed by atoms with Crippen LogP contribution in [0, 0.1) is 0 Å². The van der Waals surface area contributed by atoms with E-state index in [1.165, 1.54) is 6.07 Å². The van der Waals surface area contributed by atoms with Crippen LogP contribution in [0.15, 0.2) is 59.5 Å². The van der Waals surface area contributed by atoms with Crippen molar-refractivity contribution in [2.24, 2.45) is 0 Å². The lowest BCUT2D eigenvalue weighted by molar-refractivity contribution is 0.0952. The van der Waals surface area contributed by atoms with Crippen LogP contribution in [0.2, 0.25) is 0 Å². The van der Waals surface area contributed by atoms with E-state index < -0.39 is 0 Å². The van der Waals surface area contributed by atoms with E-state index in [1.807, 2.05) is 24.3 Å². The lowest BCUT2D eigenvalue weighted by Gasteiger charge is -2.09. The van der Waals surface area contributed by atoms with E-state index in [1.54, 1.807) is 24.4 Å². The summed E-state index contributed by atoms with van der Waals surface area (Å²) in [5, 5.41) is 9.17. The number of nitrogens with one attached hydrogen (secondary N) is 2. The zero-order chi connectivity index (χ0) is 19.1. The van der Waals surface area contributed by atoms with Crippen molar-refractivity contribution in [1.82, 2.24) is 20.5 Å². The zero-order valence-electron chi connectivity index (χ0n) is 14.5. The van der Waals surface area contributed by atoms with Crippen molar-refractivity contribution in [3.05, 3.63) is 70.6 Å². The quantitative estimate of drug-likeness (QED) is 0.547. The summed E-state index contributed by atoms with van der Waals surface area (Å²) in [6, 6.07) is 13.8. The fourth-order valence-electron chi connectivity index (χ4n) is 2.40. The molecule has 2 aromatic heterocycles.